The Bertz CT molecular complexity index is 893. The summed E-state index contributed by atoms with van der Waals surface area (Å²) in [5.74, 6) is 0.415. The fraction of sp³-hybridized carbons (Fsp3) is 0.200. The van der Waals surface area contributed by atoms with Crippen molar-refractivity contribution in [2.24, 2.45) is 0 Å². The van der Waals surface area contributed by atoms with Gasteiger partial charge in [-0.05, 0) is 43.7 Å². The number of hydrogen-bond acceptors (Lipinski definition) is 4. The maximum atomic E-state index is 12.2. The predicted octanol–water partition coefficient (Wildman–Crippen LogP) is 4.86. The summed E-state index contributed by atoms with van der Waals surface area (Å²) in [6, 6.07) is 15.1. The van der Waals surface area contributed by atoms with E-state index in [0.29, 0.717) is 17.3 Å². The third kappa shape index (κ3) is 4.62. The van der Waals surface area contributed by atoms with Gasteiger partial charge in [-0.1, -0.05) is 35.9 Å². The van der Waals surface area contributed by atoms with Crippen molar-refractivity contribution in [2.75, 3.05) is 0 Å². The largest absolute Gasteiger partial charge is 0.481 e. The van der Waals surface area contributed by atoms with E-state index in [4.69, 9.17) is 16.3 Å². The number of nitrogens with zero attached hydrogens (tertiary/aromatic N) is 1. The van der Waals surface area contributed by atoms with Gasteiger partial charge >= 0.3 is 0 Å². The molecule has 1 atom stereocenters. The number of benzene rings is 2. The molecule has 3 rings (SSSR count). The standard InChI is InChI=1S/C20H19ClN2O2S/c1-13-5-3-4-6-18(13)20-23-16(12-26-20)11-22-19(24)14(2)25-17-9-7-15(21)8-10-17/h3-10,12,14H,11H2,1-2H3,(H,22,24). The molecule has 0 spiro atoms. The van der Waals surface area contributed by atoms with Crippen molar-refractivity contribution >= 4 is 28.8 Å². The summed E-state index contributed by atoms with van der Waals surface area (Å²) >= 11 is 7.42. The molecule has 4 nitrogen and oxygen atoms in total. The summed E-state index contributed by atoms with van der Waals surface area (Å²) in [5, 5.41) is 6.41. The molecular formula is C20H19ClN2O2S. The summed E-state index contributed by atoms with van der Waals surface area (Å²) in [5.41, 5.74) is 3.14. The summed E-state index contributed by atoms with van der Waals surface area (Å²) < 4.78 is 5.62. The lowest BCUT2D eigenvalue weighted by Crippen LogP contribution is -2.35. The molecule has 3 aromatic rings. The van der Waals surface area contributed by atoms with Crippen LogP contribution in [0.3, 0.4) is 0 Å². The molecule has 134 valence electrons. The van der Waals surface area contributed by atoms with E-state index in [1.54, 1.807) is 42.5 Å². The molecule has 0 bridgehead atoms. The van der Waals surface area contributed by atoms with Crippen molar-refractivity contribution in [2.45, 2.75) is 26.5 Å². The highest BCUT2D eigenvalue weighted by atomic mass is 35.5. The Balaban J connectivity index is 1.56. The van der Waals surface area contributed by atoms with Gasteiger partial charge in [0.05, 0.1) is 12.2 Å². The minimum absolute atomic E-state index is 0.189. The normalized spacial score (nSPS) is 11.8. The van der Waals surface area contributed by atoms with Crippen molar-refractivity contribution in [3.63, 3.8) is 0 Å². The average molecular weight is 387 g/mol. The molecule has 2 aromatic carbocycles. The number of thiazole rings is 1. The fourth-order valence-corrected chi connectivity index (χ4v) is 3.45. The third-order valence-corrected chi connectivity index (χ3v) is 5.04. The van der Waals surface area contributed by atoms with Crippen molar-refractivity contribution in [1.29, 1.82) is 0 Å². The molecule has 0 aliphatic heterocycles. The van der Waals surface area contributed by atoms with E-state index in [2.05, 4.69) is 29.4 Å². The van der Waals surface area contributed by atoms with Gasteiger partial charge in [-0.15, -0.1) is 11.3 Å². The first-order chi connectivity index (χ1) is 12.5. The molecular weight excluding hydrogens is 368 g/mol. The average Bonchev–Trinajstić information content (AvgIpc) is 3.10. The lowest BCUT2D eigenvalue weighted by Gasteiger charge is -2.14. The number of carbonyl (C=O) groups is 1. The maximum absolute atomic E-state index is 12.2. The highest BCUT2D eigenvalue weighted by molar-refractivity contribution is 7.13. The SMILES string of the molecule is Cc1ccccc1-c1nc(CNC(=O)C(C)Oc2ccc(Cl)cc2)cs1. The van der Waals surface area contributed by atoms with Crippen molar-refractivity contribution < 1.29 is 9.53 Å². The van der Waals surface area contributed by atoms with Crippen LogP contribution in [-0.2, 0) is 11.3 Å². The van der Waals surface area contributed by atoms with E-state index in [1.165, 1.54) is 5.56 Å². The molecule has 1 N–H and O–H groups in total. The lowest BCUT2D eigenvalue weighted by atomic mass is 10.1. The van der Waals surface area contributed by atoms with E-state index in [1.807, 2.05) is 17.5 Å². The summed E-state index contributed by atoms with van der Waals surface area (Å²) in [4.78, 5) is 16.8. The summed E-state index contributed by atoms with van der Waals surface area (Å²) in [6.07, 6.45) is -0.606. The molecule has 0 saturated carbocycles. The van der Waals surface area contributed by atoms with Crippen LogP contribution in [0.4, 0.5) is 0 Å². The molecule has 1 heterocycles. The van der Waals surface area contributed by atoms with Gasteiger partial charge in [0, 0.05) is 16.0 Å². The molecule has 0 aliphatic rings. The van der Waals surface area contributed by atoms with Crippen molar-refractivity contribution in [3.8, 4) is 16.3 Å². The van der Waals surface area contributed by atoms with Gasteiger partial charge in [0.15, 0.2) is 6.10 Å². The Labute approximate surface area is 161 Å². The maximum Gasteiger partial charge on any atom is 0.261 e. The predicted molar refractivity (Wildman–Crippen MR) is 106 cm³/mol. The molecule has 1 unspecified atom stereocenters. The van der Waals surface area contributed by atoms with Gasteiger partial charge in [-0.3, -0.25) is 4.79 Å². The number of ether oxygens (including phenoxy) is 1. The lowest BCUT2D eigenvalue weighted by molar-refractivity contribution is -0.127. The molecule has 1 amide bonds. The molecule has 0 radical (unpaired) electrons. The first-order valence-electron chi connectivity index (χ1n) is 8.23. The minimum Gasteiger partial charge on any atom is -0.481 e. The quantitative estimate of drug-likeness (QED) is 0.658. The number of nitrogens with one attached hydrogen (secondary N) is 1. The number of aromatic nitrogens is 1. The van der Waals surface area contributed by atoms with Gasteiger partial charge < -0.3 is 10.1 Å². The van der Waals surface area contributed by atoms with E-state index in [0.717, 1.165) is 16.3 Å². The number of carbonyl (C=O) groups excluding carboxylic acids is 1. The second-order valence-electron chi connectivity index (χ2n) is 5.89. The van der Waals surface area contributed by atoms with Crippen LogP contribution in [0.5, 0.6) is 5.75 Å². The Morgan fingerprint density at radius 3 is 2.69 bits per heavy atom. The van der Waals surface area contributed by atoms with Crippen LogP contribution in [0.25, 0.3) is 10.6 Å². The second kappa shape index (κ2) is 8.34. The number of amides is 1. The smallest absolute Gasteiger partial charge is 0.261 e. The van der Waals surface area contributed by atoms with Crippen LogP contribution in [0.1, 0.15) is 18.2 Å². The molecule has 6 heteroatoms. The number of aryl methyl sites for hydroxylation is 1. The molecule has 0 fully saturated rings. The van der Waals surface area contributed by atoms with Gasteiger partial charge in [-0.2, -0.15) is 0 Å². The highest BCUT2D eigenvalue weighted by Crippen LogP contribution is 2.26. The monoisotopic (exact) mass is 386 g/mol. The number of rotatable bonds is 6. The zero-order chi connectivity index (χ0) is 18.5. The van der Waals surface area contributed by atoms with Crippen LogP contribution in [0.15, 0.2) is 53.9 Å². The second-order valence-corrected chi connectivity index (χ2v) is 7.19. The molecule has 1 aromatic heterocycles. The number of halogens is 1. The van der Waals surface area contributed by atoms with Crippen molar-refractivity contribution in [1.82, 2.24) is 10.3 Å². The first-order valence-corrected chi connectivity index (χ1v) is 9.49. The van der Waals surface area contributed by atoms with Crippen LogP contribution in [-0.4, -0.2) is 17.0 Å². The van der Waals surface area contributed by atoms with Gasteiger partial charge in [0.25, 0.3) is 5.91 Å². The Morgan fingerprint density at radius 2 is 1.96 bits per heavy atom. The molecule has 0 saturated heterocycles. The molecule has 26 heavy (non-hydrogen) atoms. The fourth-order valence-electron chi connectivity index (χ4n) is 2.42. The van der Waals surface area contributed by atoms with Gasteiger partial charge in [-0.25, -0.2) is 4.98 Å². The summed E-state index contributed by atoms with van der Waals surface area (Å²) in [7, 11) is 0. The zero-order valence-electron chi connectivity index (χ0n) is 14.5. The topological polar surface area (TPSA) is 51.2 Å². The van der Waals surface area contributed by atoms with Crippen molar-refractivity contribution in [3.05, 3.63) is 70.2 Å². The zero-order valence-corrected chi connectivity index (χ0v) is 16.1. The van der Waals surface area contributed by atoms with Gasteiger partial charge in [0.1, 0.15) is 10.8 Å². The highest BCUT2D eigenvalue weighted by Gasteiger charge is 2.15. The first kappa shape index (κ1) is 18.4. The van der Waals surface area contributed by atoms with E-state index >= 15 is 0 Å². The van der Waals surface area contributed by atoms with Crippen LogP contribution >= 0.6 is 22.9 Å². The van der Waals surface area contributed by atoms with E-state index in [-0.39, 0.29) is 5.91 Å². The minimum atomic E-state index is -0.606. The van der Waals surface area contributed by atoms with Gasteiger partial charge in [0.2, 0.25) is 0 Å². The Kier molecular flexibility index (Phi) is 5.91. The Hall–Kier alpha value is -2.37. The molecule has 0 aliphatic carbocycles. The third-order valence-electron chi connectivity index (χ3n) is 3.87. The summed E-state index contributed by atoms with van der Waals surface area (Å²) in [6.45, 7) is 4.15. The van der Waals surface area contributed by atoms with Crippen LogP contribution in [0, 0.1) is 6.92 Å². The van der Waals surface area contributed by atoms with Crippen LogP contribution < -0.4 is 10.1 Å². The number of hydrogen-bond donors (Lipinski definition) is 1. The van der Waals surface area contributed by atoms with Crippen LogP contribution in [0.2, 0.25) is 5.02 Å². The van der Waals surface area contributed by atoms with E-state index < -0.39 is 6.10 Å². The van der Waals surface area contributed by atoms with E-state index in [9.17, 15) is 4.79 Å². The Morgan fingerprint density at radius 1 is 1.23 bits per heavy atom.